The maximum Gasteiger partial charge on any atom is 0.233 e. The first-order valence-corrected chi connectivity index (χ1v) is 5.45. The molecule has 0 spiro atoms. The number of benzene rings is 1. The molecule has 5 heteroatoms. The van der Waals surface area contributed by atoms with Gasteiger partial charge in [0.05, 0.1) is 12.6 Å². The Bertz CT molecular complexity index is 365. The minimum Gasteiger partial charge on any atom is -0.399 e. The summed E-state index contributed by atoms with van der Waals surface area (Å²) in [6.45, 7) is 0.667. The number of hydrogen-bond acceptors (Lipinski definition) is 4. The fourth-order valence-electron chi connectivity index (χ4n) is 1.51. The molecule has 0 aliphatic carbocycles. The van der Waals surface area contributed by atoms with Gasteiger partial charge in [0.2, 0.25) is 5.91 Å². The number of likely N-dealkylation sites (N-methyl/N-ethyl adjacent to an activating group) is 2. The van der Waals surface area contributed by atoms with Crippen molar-refractivity contribution < 1.29 is 9.90 Å². The van der Waals surface area contributed by atoms with Gasteiger partial charge in [-0.05, 0) is 24.7 Å². The van der Waals surface area contributed by atoms with Gasteiger partial charge in [-0.1, -0.05) is 12.1 Å². The topological polar surface area (TPSA) is 78.6 Å². The normalized spacial score (nSPS) is 12.5. The zero-order valence-electron chi connectivity index (χ0n) is 10.2. The molecule has 1 unspecified atom stereocenters. The van der Waals surface area contributed by atoms with E-state index in [0.717, 1.165) is 5.56 Å². The molecule has 1 aromatic carbocycles. The highest BCUT2D eigenvalue weighted by atomic mass is 16.3. The average molecular weight is 237 g/mol. The van der Waals surface area contributed by atoms with Crippen LogP contribution in [0.4, 0.5) is 5.69 Å². The van der Waals surface area contributed by atoms with Crippen molar-refractivity contribution in [1.29, 1.82) is 0 Å². The standard InChI is InChI=1S/C12H19N3O2/c1-14-12(17)8-15(2)7-11(16)9-3-5-10(13)6-4-9/h3-6,11,16H,7-8,13H2,1-2H3,(H,14,17). The lowest BCUT2D eigenvalue weighted by Gasteiger charge is -2.20. The zero-order chi connectivity index (χ0) is 12.8. The molecule has 0 bridgehead atoms. The van der Waals surface area contributed by atoms with Crippen molar-refractivity contribution in [3.63, 3.8) is 0 Å². The summed E-state index contributed by atoms with van der Waals surface area (Å²) in [7, 11) is 3.38. The molecule has 1 aromatic rings. The number of nitrogens with zero attached hydrogens (tertiary/aromatic N) is 1. The van der Waals surface area contributed by atoms with Crippen LogP contribution in [0.5, 0.6) is 0 Å². The van der Waals surface area contributed by atoms with E-state index >= 15 is 0 Å². The van der Waals surface area contributed by atoms with Crippen LogP contribution in [0.15, 0.2) is 24.3 Å². The van der Waals surface area contributed by atoms with Gasteiger partial charge >= 0.3 is 0 Å². The van der Waals surface area contributed by atoms with Gasteiger partial charge in [0.25, 0.3) is 0 Å². The molecule has 94 valence electrons. The lowest BCUT2D eigenvalue weighted by atomic mass is 10.1. The summed E-state index contributed by atoms with van der Waals surface area (Å²) in [5, 5.41) is 12.5. The van der Waals surface area contributed by atoms with Crippen LogP contribution in [0.1, 0.15) is 11.7 Å². The number of nitrogens with one attached hydrogen (secondary N) is 1. The number of aliphatic hydroxyl groups is 1. The van der Waals surface area contributed by atoms with E-state index in [4.69, 9.17) is 5.73 Å². The summed E-state index contributed by atoms with van der Waals surface area (Å²) in [6, 6.07) is 7.07. The van der Waals surface area contributed by atoms with Gasteiger partial charge in [0.15, 0.2) is 0 Å². The molecular formula is C12H19N3O2. The molecular weight excluding hydrogens is 218 g/mol. The maximum absolute atomic E-state index is 11.1. The second-order valence-corrected chi connectivity index (χ2v) is 4.05. The van der Waals surface area contributed by atoms with Crippen LogP contribution in [0.2, 0.25) is 0 Å². The lowest BCUT2D eigenvalue weighted by molar-refractivity contribution is -0.121. The van der Waals surface area contributed by atoms with Crippen molar-refractivity contribution in [2.24, 2.45) is 0 Å². The molecule has 1 amide bonds. The Morgan fingerprint density at radius 3 is 2.59 bits per heavy atom. The van der Waals surface area contributed by atoms with Crippen LogP contribution in [-0.2, 0) is 4.79 Å². The van der Waals surface area contributed by atoms with Crippen LogP contribution in [0, 0.1) is 0 Å². The van der Waals surface area contributed by atoms with E-state index in [0.29, 0.717) is 12.2 Å². The number of aliphatic hydroxyl groups excluding tert-OH is 1. The van der Waals surface area contributed by atoms with E-state index in [2.05, 4.69) is 5.32 Å². The molecule has 0 aromatic heterocycles. The van der Waals surface area contributed by atoms with Crippen molar-refractivity contribution in [1.82, 2.24) is 10.2 Å². The van der Waals surface area contributed by atoms with Gasteiger partial charge in [-0.25, -0.2) is 0 Å². The number of amides is 1. The van der Waals surface area contributed by atoms with Gasteiger partial charge in [-0.3, -0.25) is 9.69 Å². The molecule has 5 nitrogen and oxygen atoms in total. The van der Waals surface area contributed by atoms with Crippen molar-refractivity contribution in [3.05, 3.63) is 29.8 Å². The average Bonchev–Trinajstić information content (AvgIpc) is 2.29. The van der Waals surface area contributed by atoms with Crippen LogP contribution in [-0.4, -0.2) is 43.1 Å². The zero-order valence-corrected chi connectivity index (χ0v) is 10.2. The molecule has 4 N–H and O–H groups in total. The smallest absolute Gasteiger partial charge is 0.233 e. The number of nitrogen functional groups attached to an aromatic ring is 1. The van der Waals surface area contributed by atoms with Gasteiger partial charge in [-0.15, -0.1) is 0 Å². The lowest BCUT2D eigenvalue weighted by Crippen LogP contribution is -2.35. The van der Waals surface area contributed by atoms with Crippen LogP contribution in [0.3, 0.4) is 0 Å². The van der Waals surface area contributed by atoms with Gasteiger partial charge < -0.3 is 16.2 Å². The van der Waals surface area contributed by atoms with Crippen LogP contribution >= 0.6 is 0 Å². The molecule has 17 heavy (non-hydrogen) atoms. The highest BCUT2D eigenvalue weighted by Gasteiger charge is 2.12. The van der Waals surface area contributed by atoms with E-state index in [-0.39, 0.29) is 12.5 Å². The van der Waals surface area contributed by atoms with E-state index in [1.165, 1.54) is 0 Å². The molecule has 0 saturated heterocycles. The molecule has 0 saturated carbocycles. The first kappa shape index (κ1) is 13.5. The van der Waals surface area contributed by atoms with E-state index in [1.807, 2.05) is 0 Å². The molecule has 0 aliphatic heterocycles. The maximum atomic E-state index is 11.1. The Kier molecular flexibility index (Phi) is 4.93. The molecule has 0 radical (unpaired) electrons. The molecule has 0 heterocycles. The quantitative estimate of drug-likeness (QED) is 0.629. The Morgan fingerprint density at radius 2 is 2.06 bits per heavy atom. The summed E-state index contributed by atoms with van der Waals surface area (Å²) in [5.41, 5.74) is 7.03. The highest BCUT2D eigenvalue weighted by Crippen LogP contribution is 2.15. The third kappa shape index (κ3) is 4.42. The molecule has 1 atom stereocenters. The number of carbonyl (C=O) groups excluding carboxylic acids is 1. The first-order chi connectivity index (χ1) is 8.02. The summed E-state index contributed by atoms with van der Waals surface area (Å²) in [6.07, 6.45) is -0.620. The predicted molar refractivity (Wildman–Crippen MR) is 67.4 cm³/mol. The summed E-state index contributed by atoms with van der Waals surface area (Å²) in [5.74, 6) is -0.0722. The fourth-order valence-corrected chi connectivity index (χ4v) is 1.51. The monoisotopic (exact) mass is 237 g/mol. The Morgan fingerprint density at radius 1 is 1.47 bits per heavy atom. The van der Waals surface area contributed by atoms with Crippen LogP contribution in [0.25, 0.3) is 0 Å². The minimum absolute atomic E-state index is 0.0722. The Balaban J connectivity index is 2.51. The number of anilines is 1. The van der Waals surface area contributed by atoms with E-state index in [1.54, 1.807) is 43.3 Å². The number of rotatable bonds is 5. The third-order valence-electron chi connectivity index (χ3n) is 2.50. The van der Waals surface area contributed by atoms with E-state index in [9.17, 15) is 9.90 Å². The van der Waals surface area contributed by atoms with Gasteiger partial charge in [-0.2, -0.15) is 0 Å². The summed E-state index contributed by atoms with van der Waals surface area (Å²) < 4.78 is 0. The van der Waals surface area contributed by atoms with Gasteiger partial charge in [0.1, 0.15) is 0 Å². The van der Waals surface area contributed by atoms with Crippen LogP contribution < -0.4 is 11.1 Å². The van der Waals surface area contributed by atoms with Crippen molar-refractivity contribution in [2.45, 2.75) is 6.10 Å². The van der Waals surface area contributed by atoms with Crippen molar-refractivity contribution in [3.8, 4) is 0 Å². The van der Waals surface area contributed by atoms with Crippen molar-refractivity contribution in [2.75, 3.05) is 32.9 Å². The Hall–Kier alpha value is -1.59. The number of hydrogen-bond donors (Lipinski definition) is 3. The summed E-state index contributed by atoms with van der Waals surface area (Å²) in [4.78, 5) is 12.9. The molecule has 1 rings (SSSR count). The number of nitrogens with two attached hydrogens (primary N) is 1. The predicted octanol–water partition coefficient (Wildman–Crippen LogP) is -0.0200. The first-order valence-electron chi connectivity index (χ1n) is 5.45. The third-order valence-corrected chi connectivity index (χ3v) is 2.50. The minimum atomic E-state index is -0.620. The number of carbonyl (C=O) groups is 1. The largest absolute Gasteiger partial charge is 0.399 e. The highest BCUT2D eigenvalue weighted by molar-refractivity contribution is 5.77. The second-order valence-electron chi connectivity index (χ2n) is 4.05. The molecule has 0 aliphatic rings. The SMILES string of the molecule is CNC(=O)CN(C)CC(O)c1ccc(N)cc1. The van der Waals surface area contributed by atoms with Gasteiger partial charge in [0, 0.05) is 19.3 Å². The Labute approximate surface area is 101 Å². The summed E-state index contributed by atoms with van der Waals surface area (Å²) >= 11 is 0. The fraction of sp³-hybridized carbons (Fsp3) is 0.417. The second kappa shape index (κ2) is 6.22. The molecule has 0 fully saturated rings. The van der Waals surface area contributed by atoms with Crippen molar-refractivity contribution >= 4 is 11.6 Å². The van der Waals surface area contributed by atoms with E-state index < -0.39 is 6.10 Å².